The van der Waals surface area contributed by atoms with E-state index in [1.165, 1.54) is 12.1 Å². The molecule has 0 aliphatic carbocycles. The van der Waals surface area contributed by atoms with Crippen LogP contribution >= 0.6 is 0 Å². The minimum atomic E-state index is -4.26. The normalized spacial score (nSPS) is 14.2. The van der Waals surface area contributed by atoms with Crippen LogP contribution in [0.5, 0.6) is 0 Å². The molecule has 1 rings (SSSR count). The first kappa shape index (κ1) is 13.0. The zero-order valence-corrected chi connectivity index (χ0v) is 9.60. The van der Waals surface area contributed by atoms with E-state index >= 15 is 0 Å². The van der Waals surface area contributed by atoms with Crippen molar-refractivity contribution in [1.82, 2.24) is 5.32 Å². The Morgan fingerprint density at radius 1 is 1.06 bits per heavy atom. The van der Waals surface area contributed by atoms with Crippen molar-refractivity contribution in [3.63, 3.8) is 0 Å². The summed E-state index contributed by atoms with van der Waals surface area (Å²) >= 11 is 0. The molecule has 16 heavy (non-hydrogen) atoms. The summed E-state index contributed by atoms with van der Waals surface area (Å²) in [4.78, 5) is 0. The molecule has 0 amide bonds. The van der Waals surface area contributed by atoms with Crippen molar-refractivity contribution < 1.29 is 13.2 Å². The number of hydrogen-bond donors (Lipinski definition) is 1. The Morgan fingerprint density at radius 2 is 1.56 bits per heavy atom. The van der Waals surface area contributed by atoms with Gasteiger partial charge in [-0.05, 0) is 12.5 Å². The fourth-order valence-corrected chi connectivity index (χ4v) is 1.47. The van der Waals surface area contributed by atoms with E-state index in [9.17, 15) is 13.2 Å². The highest BCUT2D eigenvalue weighted by molar-refractivity contribution is 5.25. The predicted octanol–water partition coefficient (Wildman–Crippen LogP) is 3.60. The van der Waals surface area contributed by atoms with Crippen LogP contribution in [-0.4, -0.2) is 12.2 Å². The molecule has 0 radical (unpaired) electrons. The maximum absolute atomic E-state index is 12.8. The Kier molecular flexibility index (Phi) is 3.97. The predicted molar refractivity (Wildman–Crippen MR) is 58.2 cm³/mol. The molecule has 90 valence electrons. The minimum Gasteiger partial charge on any atom is -0.300 e. The quantitative estimate of drug-likeness (QED) is 0.838. The summed E-state index contributed by atoms with van der Waals surface area (Å²) in [6.07, 6.45) is -4.26. The molecule has 0 aromatic heterocycles. The molecule has 4 heteroatoms. The topological polar surface area (TPSA) is 12.0 Å². The van der Waals surface area contributed by atoms with Crippen molar-refractivity contribution in [2.24, 2.45) is 0 Å². The van der Waals surface area contributed by atoms with Crippen molar-refractivity contribution in [2.75, 3.05) is 0 Å². The van der Waals surface area contributed by atoms with Gasteiger partial charge in [-0.3, -0.25) is 0 Å². The summed E-state index contributed by atoms with van der Waals surface area (Å²) in [6, 6.07) is 4.61. The van der Waals surface area contributed by atoms with Crippen LogP contribution in [0.4, 0.5) is 13.2 Å². The lowest BCUT2D eigenvalue weighted by Crippen LogP contribution is -2.38. The van der Waals surface area contributed by atoms with Crippen molar-refractivity contribution >= 4 is 0 Å². The van der Waals surface area contributed by atoms with Gasteiger partial charge in [0.25, 0.3) is 0 Å². The number of halogens is 3. The van der Waals surface area contributed by atoms with E-state index in [1.54, 1.807) is 26.0 Å². The van der Waals surface area contributed by atoms with E-state index in [2.05, 4.69) is 5.32 Å². The van der Waals surface area contributed by atoms with Gasteiger partial charge in [0.1, 0.15) is 6.04 Å². The van der Waals surface area contributed by atoms with Crippen LogP contribution in [-0.2, 0) is 0 Å². The summed E-state index contributed by atoms with van der Waals surface area (Å²) in [5.74, 6) is 0. The fourth-order valence-electron chi connectivity index (χ4n) is 1.47. The molecule has 0 saturated carbocycles. The average molecular weight is 231 g/mol. The Labute approximate surface area is 93.7 Å². The van der Waals surface area contributed by atoms with Gasteiger partial charge >= 0.3 is 6.18 Å². The molecule has 0 saturated heterocycles. The molecular weight excluding hydrogens is 215 g/mol. The van der Waals surface area contributed by atoms with Gasteiger partial charge in [0.2, 0.25) is 0 Å². The van der Waals surface area contributed by atoms with Crippen LogP contribution in [0.3, 0.4) is 0 Å². The molecule has 0 unspecified atom stereocenters. The highest BCUT2D eigenvalue weighted by Gasteiger charge is 2.40. The number of rotatable bonds is 3. The van der Waals surface area contributed by atoms with Gasteiger partial charge in [-0.1, -0.05) is 43.7 Å². The second-order valence-electron chi connectivity index (χ2n) is 4.21. The number of aryl methyl sites for hydroxylation is 1. The van der Waals surface area contributed by atoms with Gasteiger partial charge < -0.3 is 5.32 Å². The van der Waals surface area contributed by atoms with Crippen LogP contribution in [0, 0.1) is 6.92 Å². The lowest BCUT2D eigenvalue weighted by atomic mass is 10.0. The second-order valence-corrected chi connectivity index (χ2v) is 4.21. The lowest BCUT2D eigenvalue weighted by Gasteiger charge is -2.24. The van der Waals surface area contributed by atoms with Crippen LogP contribution in [0.2, 0.25) is 0 Å². The molecule has 0 fully saturated rings. The zero-order valence-electron chi connectivity index (χ0n) is 9.60. The van der Waals surface area contributed by atoms with Crippen LogP contribution in [0.25, 0.3) is 0 Å². The first-order chi connectivity index (χ1) is 7.30. The van der Waals surface area contributed by atoms with E-state index in [0.29, 0.717) is 0 Å². The molecule has 1 atom stereocenters. The van der Waals surface area contributed by atoms with Crippen molar-refractivity contribution in [3.05, 3.63) is 35.4 Å². The van der Waals surface area contributed by atoms with E-state index in [0.717, 1.165) is 5.56 Å². The standard InChI is InChI=1S/C12H16F3N/c1-8(2)16-11(12(13,14)15)10-6-4-9(3)5-7-10/h4-8,11,16H,1-3H3/t11-/m1/s1. The van der Waals surface area contributed by atoms with Crippen molar-refractivity contribution in [2.45, 2.75) is 39.0 Å². The van der Waals surface area contributed by atoms with Gasteiger partial charge in [-0.15, -0.1) is 0 Å². The van der Waals surface area contributed by atoms with Crippen molar-refractivity contribution in [1.29, 1.82) is 0 Å². The highest BCUT2D eigenvalue weighted by Crippen LogP contribution is 2.33. The Balaban J connectivity index is 2.97. The maximum Gasteiger partial charge on any atom is 0.407 e. The maximum atomic E-state index is 12.8. The molecule has 1 aromatic rings. The molecular formula is C12H16F3N. The van der Waals surface area contributed by atoms with Crippen LogP contribution in [0.1, 0.15) is 31.0 Å². The van der Waals surface area contributed by atoms with E-state index in [1.807, 2.05) is 6.92 Å². The second kappa shape index (κ2) is 4.87. The third kappa shape index (κ3) is 3.52. The van der Waals surface area contributed by atoms with Crippen molar-refractivity contribution in [3.8, 4) is 0 Å². The summed E-state index contributed by atoms with van der Waals surface area (Å²) in [5.41, 5.74) is 1.21. The molecule has 0 aliphatic heterocycles. The molecule has 1 N–H and O–H groups in total. The smallest absolute Gasteiger partial charge is 0.300 e. The third-order valence-electron chi connectivity index (χ3n) is 2.24. The Bertz CT molecular complexity index is 327. The van der Waals surface area contributed by atoms with Gasteiger partial charge in [0.15, 0.2) is 0 Å². The first-order valence-corrected chi connectivity index (χ1v) is 5.20. The molecule has 0 bridgehead atoms. The summed E-state index contributed by atoms with van der Waals surface area (Å²) in [6.45, 7) is 5.25. The first-order valence-electron chi connectivity index (χ1n) is 5.20. The van der Waals surface area contributed by atoms with Gasteiger partial charge in [-0.2, -0.15) is 13.2 Å². The zero-order chi connectivity index (χ0) is 12.3. The molecule has 1 nitrogen and oxygen atoms in total. The van der Waals surface area contributed by atoms with Gasteiger partial charge in [0, 0.05) is 6.04 Å². The highest BCUT2D eigenvalue weighted by atomic mass is 19.4. The minimum absolute atomic E-state index is 0.215. The summed E-state index contributed by atoms with van der Waals surface area (Å²) in [5, 5.41) is 2.53. The molecule has 0 heterocycles. The SMILES string of the molecule is Cc1ccc([C@@H](NC(C)C)C(F)(F)F)cc1. The summed E-state index contributed by atoms with van der Waals surface area (Å²) < 4.78 is 38.4. The number of benzene rings is 1. The Morgan fingerprint density at radius 3 is 1.94 bits per heavy atom. The number of alkyl halides is 3. The monoisotopic (exact) mass is 231 g/mol. The number of hydrogen-bond acceptors (Lipinski definition) is 1. The average Bonchev–Trinajstić information content (AvgIpc) is 2.14. The van der Waals surface area contributed by atoms with Gasteiger partial charge in [-0.25, -0.2) is 0 Å². The van der Waals surface area contributed by atoms with Gasteiger partial charge in [0.05, 0.1) is 0 Å². The molecule has 0 spiro atoms. The van der Waals surface area contributed by atoms with E-state index in [-0.39, 0.29) is 11.6 Å². The lowest BCUT2D eigenvalue weighted by molar-refractivity contribution is -0.159. The third-order valence-corrected chi connectivity index (χ3v) is 2.24. The van der Waals surface area contributed by atoms with E-state index < -0.39 is 12.2 Å². The largest absolute Gasteiger partial charge is 0.407 e. The molecule has 1 aromatic carbocycles. The van der Waals surface area contributed by atoms with E-state index in [4.69, 9.17) is 0 Å². The Hall–Kier alpha value is -1.03. The molecule has 0 aliphatic rings. The fraction of sp³-hybridized carbons (Fsp3) is 0.500. The van der Waals surface area contributed by atoms with Crippen LogP contribution < -0.4 is 5.32 Å². The van der Waals surface area contributed by atoms with Crippen LogP contribution in [0.15, 0.2) is 24.3 Å². The summed E-state index contributed by atoms with van der Waals surface area (Å²) in [7, 11) is 0. The number of nitrogens with one attached hydrogen (secondary N) is 1.